The van der Waals surface area contributed by atoms with Crippen LogP contribution in [0.1, 0.15) is 54.7 Å². The van der Waals surface area contributed by atoms with Crippen molar-refractivity contribution in [3.05, 3.63) is 95.3 Å². The predicted octanol–water partition coefficient (Wildman–Crippen LogP) is 6.32. The van der Waals surface area contributed by atoms with Crippen molar-refractivity contribution in [2.24, 2.45) is 0 Å². The van der Waals surface area contributed by atoms with E-state index in [0.717, 1.165) is 48.4 Å². The Balaban J connectivity index is 1.35. The van der Waals surface area contributed by atoms with Crippen LogP contribution in [0, 0.1) is 13.8 Å². The minimum absolute atomic E-state index is 0.0434. The minimum Gasteiger partial charge on any atom is -0.493 e. The topological polar surface area (TPSA) is 56.1 Å². The van der Waals surface area contributed by atoms with Crippen molar-refractivity contribution in [3.8, 4) is 5.75 Å². The summed E-state index contributed by atoms with van der Waals surface area (Å²) in [5, 5.41) is 3.15. The Morgan fingerprint density at radius 1 is 1.00 bits per heavy atom. The summed E-state index contributed by atoms with van der Waals surface area (Å²) in [6.45, 7) is 7.70. The number of ether oxygens (including phenoxy) is 1. The molecule has 3 aromatic carbocycles. The standard InChI is InChI=1S/C30H35N3O2/c1-22-15-17-28(23(2)21-22)35-20-10-9-19-33-27-14-8-7-13-26(27)32-30(33)24(3)31-29(34)18-16-25-11-5-4-6-12-25/h4-8,11-15,17,21,24H,9-10,16,18-20H2,1-3H3,(H,31,34). The molecule has 1 unspecified atom stereocenters. The fourth-order valence-corrected chi connectivity index (χ4v) is 4.46. The van der Waals surface area contributed by atoms with Crippen LogP contribution in [0.2, 0.25) is 0 Å². The average molecular weight is 470 g/mol. The Bertz CT molecular complexity index is 1260. The summed E-state index contributed by atoms with van der Waals surface area (Å²) in [4.78, 5) is 17.5. The summed E-state index contributed by atoms with van der Waals surface area (Å²) < 4.78 is 8.26. The average Bonchev–Trinajstić information content (AvgIpc) is 3.23. The molecule has 0 aliphatic carbocycles. The van der Waals surface area contributed by atoms with E-state index >= 15 is 0 Å². The lowest BCUT2D eigenvalue weighted by Crippen LogP contribution is -2.29. The van der Waals surface area contributed by atoms with Crippen LogP contribution in [0.4, 0.5) is 0 Å². The zero-order chi connectivity index (χ0) is 24.6. The summed E-state index contributed by atoms with van der Waals surface area (Å²) in [7, 11) is 0. The number of carbonyl (C=O) groups is 1. The van der Waals surface area contributed by atoms with Crippen LogP contribution >= 0.6 is 0 Å². The second-order valence-electron chi connectivity index (χ2n) is 9.21. The van der Waals surface area contributed by atoms with Gasteiger partial charge in [0.1, 0.15) is 11.6 Å². The maximum absolute atomic E-state index is 12.6. The normalized spacial score (nSPS) is 12.0. The summed E-state index contributed by atoms with van der Waals surface area (Å²) >= 11 is 0. The first kappa shape index (κ1) is 24.5. The fourth-order valence-electron chi connectivity index (χ4n) is 4.46. The lowest BCUT2D eigenvalue weighted by atomic mass is 10.1. The molecule has 0 saturated heterocycles. The van der Waals surface area contributed by atoms with Crippen molar-refractivity contribution < 1.29 is 9.53 Å². The second-order valence-corrected chi connectivity index (χ2v) is 9.21. The first-order chi connectivity index (χ1) is 17.0. The van der Waals surface area contributed by atoms with E-state index in [1.807, 2.05) is 49.4 Å². The van der Waals surface area contributed by atoms with E-state index in [9.17, 15) is 4.79 Å². The van der Waals surface area contributed by atoms with Crippen molar-refractivity contribution >= 4 is 16.9 Å². The third-order valence-corrected chi connectivity index (χ3v) is 6.30. The highest BCUT2D eigenvalue weighted by Gasteiger charge is 2.18. The second kappa shape index (κ2) is 11.7. The predicted molar refractivity (Wildman–Crippen MR) is 142 cm³/mol. The molecular weight excluding hydrogens is 434 g/mol. The molecule has 4 rings (SSSR count). The molecule has 0 saturated carbocycles. The van der Waals surface area contributed by atoms with Crippen LogP contribution in [-0.4, -0.2) is 22.1 Å². The van der Waals surface area contributed by atoms with Crippen LogP contribution in [0.5, 0.6) is 5.75 Å². The van der Waals surface area contributed by atoms with E-state index in [0.29, 0.717) is 13.0 Å². The maximum Gasteiger partial charge on any atom is 0.220 e. The smallest absolute Gasteiger partial charge is 0.220 e. The molecule has 0 radical (unpaired) electrons. The van der Waals surface area contributed by atoms with Crippen molar-refractivity contribution in [1.29, 1.82) is 0 Å². The number of amides is 1. The highest BCUT2D eigenvalue weighted by Crippen LogP contribution is 2.23. The Labute approximate surface area is 208 Å². The lowest BCUT2D eigenvalue weighted by Gasteiger charge is -2.17. The van der Waals surface area contributed by atoms with Gasteiger partial charge in [-0.15, -0.1) is 0 Å². The van der Waals surface area contributed by atoms with E-state index in [1.54, 1.807) is 0 Å². The summed E-state index contributed by atoms with van der Waals surface area (Å²) in [5.41, 5.74) is 5.65. The van der Waals surface area contributed by atoms with Gasteiger partial charge in [0.25, 0.3) is 0 Å². The van der Waals surface area contributed by atoms with Crippen molar-refractivity contribution in [1.82, 2.24) is 14.9 Å². The molecule has 1 N–H and O–H groups in total. The van der Waals surface area contributed by atoms with Gasteiger partial charge in [0.15, 0.2) is 0 Å². The van der Waals surface area contributed by atoms with Gasteiger partial charge in [-0.1, -0.05) is 60.2 Å². The number of imidazole rings is 1. The van der Waals surface area contributed by atoms with Gasteiger partial charge >= 0.3 is 0 Å². The molecule has 0 fully saturated rings. The molecule has 5 nitrogen and oxygen atoms in total. The number of carbonyl (C=O) groups excluding carboxylic acids is 1. The number of nitrogens with zero attached hydrogens (tertiary/aromatic N) is 2. The van der Waals surface area contributed by atoms with E-state index in [4.69, 9.17) is 9.72 Å². The first-order valence-corrected chi connectivity index (χ1v) is 12.5. The van der Waals surface area contributed by atoms with Crippen LogP contribution in [0.15, 0.2) is 72.8 Å². The number of benzene rings is 3. The number of nitrogens with one attached hydrogen (secondary N) is 1. The minimum atomic E-state index is -0.169. The molecule has 1 amide bonds. The Kier molecular flexibility index (Phi) is 8.19. The molecule has 0 bridgehead atoms. The quantitative estimate of drug-likeness (QED) is 0.261. The van der Waals surface area contributed by atoms with Crippen molar-refractivity contribution in [2.45, 2.75) is 59.0 Å². The molecule has 0 spiro atoms. The number of aromatic nitrogens is 2. The third kappa shape index (κ3) is 6.50. The van der Waals surface area contributed by atoms with Crippen molar-refractivity contribution in [2.75, 3.05) is 6.61 Å². The third-order valence-electron chi connectivity index (χ3n) is 6.30. The molecule has 0 aliphatic heterocycles. The zero-order valence-corrected chi connectivity index (χ0v) is 21.0. The van der Waals surface area contributed by atoms with Crippen LogP contribution in [0.25, 0.3) is 11.0 Å². The lowest BCUT2D eigenvalue weighted by molar-refractivity contribution is -0.121. The highest BCUT2D eigenvalue weighted by molar-refractivity contribution is 5.78. The maximum atomic E-state index is 12.6. The largest absolute Gasteiger partial charge is 0.493 e. The number of unbranched alkanes of at least 4 members (excludes halogenated alkanes) is 1. The van der Waals surface area contributed by atoms with Gasteiger partial charge in [-0.3, -0.25) is 4.79 Å². The molecule has 35 heavy (non-hydrogen) atoms. The zero-order valence-electron chi connectivity index (χ0n) is 21.0. The highest BCUT2D eigenvalue weighted by atomic mass is 16.5. The molecule has 1 atom stereocenters. The molecular formula is C30H35N3O2. The van der Waals surface area contributed by atoms with E-state index < -0.39 is 0 Å². The van der Waals surface area contributed by atoms with Gasteiger partial charge in [-0.05, 0) is 69.4 Å². The van der Waals surface area contributed by atoms with Gasteiger partial charge in [-0.25, -0.2) is 4.98 Å². The van der Waals surface area contributed by atoms with E-state index in [-0.39, 0.29) is 11.9 Å². The number of para-hydroxylation sites is 2. The first-order valence-electron chi connectivity index (χ1n) is 12.5. The fraction of sp³-hybridized carbons (Fsp3) is 0.333. The molecule has 182 valence electrons. The Morgan fingerprint density at radius 2 is 1.77 bits per heavy atom. The number of fused-ring (bicyclic) bond motifs is 1. The van der Waals surface area contributed by atoms with Gasteiger partial charge in [0, 0.05) is 13.0 Å². The van der Waals surface area contributed by atoms with Gasteiger partial charge < -0.3 is 14.6 Å². The number of hydrogen-bond donors (Lipinski definition) is 1. The van der Waals surface area contributed by atoms with Crippen LogP contribution in [0.3, 0.4) is 0 Å². The Hall–Kier alpha value is -3.60. The molecule has 0 aliphatic rings. The van der Waals surface area contributed by atoms with Gasteiger partial charge in [0.05, 0.1) is 23.7 Å². The van der Waals surface area contributed by atoms with Gasteiger partial charge in [0.2, 0.25) is 5.91 Å². The molecule has 5 heteroatoms. The van der Waals surface area contributed by atoms with Crippen LogP contribution < -0.4 is 10.1 Å². The number of rotatable bonds is 11. The number of hydrogen-bond acceptors (Lipinski definition) is 3. The summed E-state index contributed by atoms with van der Waals surface area (Å²) in [6.07, 6.45) is 3.10. The van der Waals surface area contributed by atoms with Crippen molar-refractivity contribution in [3.63, 3.8) is 0 Å². The van der Waals surface area contributed by atoms with E-state index in [2.05, 4.69) is 54.1 Å². The monoisotopic (exact) mass is 469 g/mol. The SMILES string of the molecule is Cc1ccc(OCCCCn2c(C(C)NC(=O)CCc3ccccc3)nc3ccccc32)c(C)c1. The van der Waals surface area contributed by atoms with E-state index in [1.165, 1.54) is 16.7 Å². The molecule has 4 aromatic rings. The number of aryl methyl sites for hydroxylation is 4. The molecule has 1 heterocycles. The summed E-state index contributed by atoms with van der Waals surface area (Å²) in [6, 6.07) is 24.4. The Morgan fingerprint density at radius 3 is 2.57 bits per heavy atom. The van der Waals surface area contributed by atoms with Gasteiger partial charge in [-0.2, -0.15) is 0 Å². The summed E-state index contributed by atoms with van der Waals surface area (Å²) in [5.74, 6) is 1.90. The van der Waals surface area contributed by atoms with Crippen LogP contribution in [-0.2, 0) is 17.8 Å². The molecule has 1 aromatic heterocycles.